The minimum atomic E-state index is -1.10. The summed E-state index contributed by atoms with van der Waals surface area (Å²) in [5, 5.41) is 18.6. The Balaban J connectivity index is 2.04. The van der Waals surface area contributed by atoms with Gasteiger partial charge in [0.25, 0.3) is 0 Å². The first kappa shape index (κ1) is 14.4. The van der Waals surface area contributed by atoms with Gasteiger partial charge in [-0.2, -0.15) is 0 Å². The van der Waals surface area contributed by atoms with Crippen LogP contribution in [0, 0.1) is 6.92 Å². The fourth-order valence-electron chi connectivity index (χ4n) is 2.35. The molecule has 110 valence electrons. The minimum Gasteiger partial charge on any atom is -0.480 e. The number of furan rings is 1. The number of aryl methyl sites for hydroxylation is 1. The number of carboxylic acid groups (broad SMARTS) is 1. The number of nitrogens with zero attached hydrogens (tertiary/aromatic N) is 2. The zero-order valence-corrected chi connectivity index (χ0v) is 11.4. The second-order valence-corrected chi connectivity index (χ2v) is 5.05. The molecule has 0 bridgehead atoms. The molecule has 7 nitrogen and oxygen atoms in total. The Labute approximate surface area is 116 Å². The van der Waals surface area contributed by atoms with E-state index in [0.29, 0.717) is 5.76 Å². The highest BCUT2D eigenvalue weighted by atomic mass is 16.4. The molecule has 1 aromatic rings. The lowest BCUT2D eigenvalue weighted by atomic mass is 10.2. The second-order valence-electron chi connectivity index (χ2n) is 5.05. The van der Waals surface area contributed by atoms with Crippen molar-refractivity contribution in [3.05, 3.63) is 23.7 Å². The number of carbonyl (C=O) groups is 2. The lowest BCUT2D eigenvalue weighted by Crippen LogP contribution is -2.46. The second kappa shape index (κ2) is 5.54. The molecule has 1 aliphatic heterocycles. The first-order valence-corrected chi connectivity index (χ1v) is 6.36. The Morgan fingerprint density at radius 3 is 2.75 bits per heavy atom. The van der Waals surface area contributed by atoms with Crippen LogP contribution in [-0.2, 0) is 11.3 Å². The molecule has 0 saturated carbocycles. The van der Waals surface area contributed by atoms with Crippen LogP contribution in [0.1, 0.15) is 17.9 Å². The number of β-amino-alcohol motifs (C(OH)–C–C–N with tert-alkyl or cyclic N) is 1. The molecule has 1 aromatic heterocycles. The summed E-state index contributed by atoms with van der Waals surface area (Å²) in [4.78, 5) is 25.9. The Morgan fingerprint density at radius 2 is 2.20 bits per heavy atom. The van der Waals surface area contributed by atoms with Crippen molar-refractivity contribution in [2.24, 2.45) is 0 Å². The van der Waals surface area contributed by atoms with Crippen LogP contribution in [0.2, 0.25) is 0 Å². The molecule has 2 heterocycles. The number of likely N-dealkylation sites (tertiary alicyclic amines) is 1. The third kappa shape index (κ3) is 2.93. The van der Waals surface area contributed by atoms with Crippen LogP contribution in [0.4, 0.5) is 4.79 Å². The lowest BCUT2D eigenvalue weighted by molar-refractivity contribution is -0.141. The number of aliphatic carboxylic acids is 1. The Bertz CT molecular complexity index is 513. The third-order valence-electron chi connectivity index (χ3n) is 3.33. The number of aliphatic hydroxyl groups excluding tert-OH is 1. The molecule has 0 unspecified atom stereocenters. The van der Waals surface area contributed by atoms with E-state index in [1.54, 1.807) is 19.2 Å². The summed E-state index contributed by atoms with van der Waals surface area (Å²) in [7, 11) is 1.57. The standard InChI is InChI=1S/C13H18N2O5/c1-8-3-4-10(20-8)7-14(2)13(19)15-6-9(16)5-11(15)12(17)18/h3-4,9,11,16H,5-7H2,1-2H3,(H,17,18)/t9-,11-/m1/s1. The number of hydrogen-bond acceptors (Lipinski definition) is 4. The zero-order valence-electron chi connectivity index (χ0n) is 11.4. The van der Waals surface area contributed by atoms with Crippen LogP contribution in [0.5, 0.6) is 0 Å². The summed E-state index contributed by atoms with van der Waals surface area (Å²) in [5.74, 6) is 0.281. The van der Waals surface area contributed by atoms with E-state index in [4.69, 9.17) is 9.52 Å². The van der Waals surface area contributed by atoms with Crippen molar-refractivity contribution in [1.29, 1.82) is 0 Å². The van der Waals surface area contributed by atoms with Gasteiger partial charge in [0.1, 0.15) is 17.6 Å². The number of aliphatic hydroxyl groups is 1. The maximum absolute atomic E-state index is 12.3. The average Bonchev–Trinajstić information content (AvgIpc) is 2.94. The molecule has 20 heavy (non-hydrogen) atoms. The van der Waals surface area contributed by atoms with Gasteiger partial charge in [-0.15, -0.1) is 0 Å². The van der Waals surface area contributed by atoms with Crippen LogP contribution >= 0.6 is 0 Å². The van der Waals surface area contributed by atoms with Crippen molar-refractivity contribution in [2.45, 2.75) is 32.0 Å². The molecule has 2 N–H and O–H groups in total. The molecule has 2 atom stereocenters. The minimum absolute atomic E-state index is 0.0390. The van der Waals surface area contributed by atoms with Gasteiger partial charge in [0.05, 0.1) is 12.6 Å². The molecule has 2 amide bonds. The number of amides is 2. The van der Waals surface area contributed by atoms with Gasteiger partial charge >= 0.3 is 12.0 Å². The number of hydrogen-bond donors (Lipinski definition) is 2. The lowest BCUT2D eigenvalue weighted by Gasteiger charge is -2.26. The summed E-state index contributed by atoms with van der Waals surface area (Å²) in [6.07, 6.45) is -0.728. The fourth-order valence-corrected chi connectivity index (χ4v) is 2.35. The Hall–Kier alpha value is -2.02. The monoisotopic (exact) mass is 282 g/mol. The summed E-state index contributed by atoms with van der Waals surface area (Å²) >= 11 is 0. The molecular weight excluding hydrogens is 264 g/mol. The average molecular weight is 282 g/mol. The van der Waals surface area contributed by atoms with E-state index in [1.807, 2.05) is 6.92 Å². The molecular formula is C13H18N2O5. The molecule has 0 spiro atoms. The first-order chi connectivity index (χ1) is 9.38. The maximum atomic E-state index is 12.3. The van der Waals surface area contributed by atoms with Gasteiger partial charge in [0.15, 0.2) is 0 Å². The quantitative estimate of drug-likeness (QED) is 0.849. The Morgan fingerprint density at radius 1 is 1.50 bits per heavy atom. The third-order valence-corrected chi connectivity index (χ3v) is 3.33. The molecule has 1 saturated heterocycles. The van der Waals surface area contributed by atoms with E-state index >= 15 is 0 Å². The summed E-state index contributed by atoms with van der Waals surface area (Å²) in [6, 6.07) is 2.17. The summed E-state index contributed by atoms with van der Waals surface area (Å²) in [6.45, 7) is 2.10. The van der Waals surface area contributed by atoms with E-state index in [9.17, 15) is 14.7 Å². The van der Waals surface area contributed by atoms with Crippen LogP contribution < -0.4 is 0 Å². The molecule has 2 rings (SSSR count). The molecule has 7 heteroatoms. The molecule has 0 aliphatic carbocycles. The number of carbonyl (C=O) groups excluding carboxylic acids is 1. The fraction of sp³-hybridized carbons (Fsp3) is 0.538. The van der Waals surface area contributed by atoms with E-state index < -0.39 is 24.1 Å². The number of urea groups is 1. The van der Waals surface area contributed by atoms with Crippen molar-refractivity contribution in [1.82, 2.24) is 9.80 Å². The van der Waals surface area contributed by atoms with Gasteiger partial charge in [-0.25, -0.2) is 9.59 Å². The molecule has 1 aliphatic rings. The van der Waals surface area contributed by atoms with Gasteiger partial charge in [-0.05, 0) is 19.1 Å². The van der Waals surface area contributed by atoms with E-state index in [0.717, 1.165) is 5.76 Å². The highest BCUT2D eigenvalue weighted by Crippen LogP contribution is 2.20. The number of carboxylic acids is 1. The zero-order chi connectivity index (χ0) is 14.9. The normalized spacial score (nSPS) is 22.1. The van der Waals surface area contributed by atoms with Crippen LogP contribution in [0.15, 0.2) is 16.5 Å². The van der Waals surface area contributed by atoms with Crippen molar-refractivity contribution in [2.75, 3.05) is 13.6 Å². The maximum Gasteiger partial charge on any atom is 0.326 e. The molecule has 0 aromatic carbocycles. The highest BCUT2D eigenvalue weighted by Gasteiger charge is 2.40. The van der Waals surface area contributed by atoms with Gasteiger partial charge in [-0.1, -0.05) is 0 Å². The largest absolute Gasteiger partial charge is 0.480 e. The van der Waals surface area contributed by atoms with Crippen molar-refractivity contribution >= 4 is 12.0 Å². The van der Waals surface area contributed by atoms with E-state index in [1.165, 1.54) is 9.80 Å². The van der Waals surface area contributed by atoms with Crippen molar-refractivity contribution in [3.8, 4) is 0 Å². The van der Waals surface area contributed by atoms with E-state index in [-0.39, 0.29) is 19.5 Å². The Kier molecular flexibility index (Phi) is 3.99. The van der Waals surface area contributed by atoms with Crippen LogP contribution in [0.3, 0.4) is 0 Å². The smallest absolute Gasteiger partial charge is 0.326 e. The highest BCUT2D eigenvalue weighted by molar-refractivity contribution is 5.83. The topological polar surface area (TPSA) is 94.2 Å². The molecule has 0 radical (unpaired) electrons. The van der Waals surface area contributed by atoms with Gasteiger partial charge in [-0.3, -0.25) is 0 Å². The van der Waals surface area contributed by atoms with Crippen molar-refractivity contribution < 1.29 is 24.2 Å². The molecule has 1 fully saturated rings. The van der Waals surface area contributed by atoms with Gasteiger partial charge < -0.3 is 24.4 Å². The predicted molar refractivity (Wildman–Crippen MR) is 69.1 cm³/mol. The first-order valence-electron chi connectivity index (χ1n) is 6.36. The van der Waals surface area contributed by atoms with Crippen molar-refractivity contribution in [3.63, 3.8) is 0 Å². The SMILES string of the molecule is Cc1ccc(CN(C)C(=O)N2C[C@H](O)C[C@@H]2C(=O)O)o1. The van der Waals surface area contributed by atoms with Crippen LogP contribution in [0.25, 0.3) is 0 Å². The summed E-state index contributed by atoms with van der Waals surface area (Å²) < 4.78 is 5.38. The van der Waals surface area contributed by atoms with Gasteiger partial charge in [0, 0.05) is 20.0 Å². The summed E-state index contributed by atoms with van der Waals surface area (Å²) in [5.41, 5.74) is 0. The van der Waals surface area contributed by atoms with E-state index in [2.05, 4.69) is 0 Å². The van der Waals surface area contributed by atoms with Gasteiger partial charge in [0.2, 0.25) is 0 Å². The van der Waals surface area contributed by atoms with Crippen LogP contribution in [-0.4, -0.2) is 57.8 Å². The predicted octanol–water partition coefficient (Wildman–Crippen LogP) is 0.660. The number of rotatable bonds is 3.